The maximum absolute atomic E-state index is 12.5. The highest BCUT2D eigenvalue weighted by molar-refractivity contribution is 7.88. The van der Waals surface area contributed by atoms with Crippen molar-refractivity contribution in [3.05, 3.63) is 29.8 Å². The Balaban J connectivity index is 2.86. The maximum Gasteiger partial charge on any atom is 0.218 e. The third-order valence-electron chi connectivity index (χ3n) is 2.81. The van der Waals surface area contributed by atoms with Crippen LogP contribution < -0.4 is 5.73 Å². The van der Waals surface area contributed by atoms with Gasteiger partial charge in [-0.1, -0.05) is 26.0 Å². The number of nitrogen functional groups attached to an aromatic ring is 1. The summed E-state index contributed by atoms with van der Waals surface area (Å²) in [5.74, 6) is 0.233. The second-order valence-electron chi connectivity index (χ2n) is 5.25. The molecule has 0 saturated heterocycles. The van der Waals surface area contributed by atoms with E-state index in [1.807, 2.05) is 13.8 Å². The van der Waals surface area contributed by atoms with Crippen molar-refractivity contribution in [3.8, 4) is 0 Å². The highest BCUT2D eigenvalue weighted by Crippen LogP contribution is 2.15. The van der Waals surface area contributed by atoms with Gasteiger partial charge in [-0.25, -0.2) is 8.42 Å². The highest BCUT2D eigenvalue weighted by atomic mass is 32.2. The van der Waals surface area contributed by atoms with E-state index in [1.165, 1.54) is 4.31 Å². The van der Waals surface area contributed by atoms with Crippen LogP contribution in [0.3, 0.4) is 0 Å². The van der Waals surface area contributed by atoms with E-state index in [-0.39, 0.29) is 11.7 Å². The molecule has 0 unspecified atom stereocenters. The van der Waals surface area contributed by atoms with Gasteiger partial charge in [-0.15, -0.1) is 0 Å². The molecule has 5 nitrogen and oxygen atoms in total. The lowest BCUT2D eigenvalue weighted by atomic mass is 10.2. The third kappa shape index (κ3) is 5.48. The molecule has 0 bridgehead atoms. The van der Waals surface area contributed by atoms with Gasteiger partial charge < -0.3 is 10.5 Å². The highest BCUT2D eigenvalue weighted by Gasteiger charge is 2.23. The first kappa shape index (κ1) is 16.9. The van der Waals surface area contributed by atoms with E-state index in [2.05, 4.69) is 0 Å². The molecular weight excluding hydrogens is 276 g/mol. The lowest BCUT2D eigenvalue weighted by Crippen LogP contribution is -2.37. The van der Waals surface area contributed by atoms with Crippen molar-refractivity contribution in [3.63, 3.8) is 0 Å². The van der Waals surface area contributed by atoms with Crippen molar-refractivity contribution < 1.29 is 13.2 Å². The van der Waals surface area contributed by atoms with Gasteiger partial charge in [0.2, 0.25) is 10.0 Å². The van der Waals surface area contributed by atoms with E-state index < -0.39 is 10.0 Å². The Morgan fingerprint density at radius 1 is 1.35 bits per heavy atom. The largest absolute Gasteiger partial charge is 0.399 e. The van der Waals surface area contributed by atoms with Crippen molar-refractivity contribution >= 4 is 15.7 Å². The predicted molar refractivity (Wildman–Crippen MR) is 81.8 cm³/mol. The maximum atomic E-state index is 12.5. The number of nitrogens with zero attached hydrogens (tertiary/aromatic N) is 1. The molecule has 0 amide bonds. The number of nitrogens with two attached hydrogens (primary N) is 1. The monoisotopic (exact) mass is 300 g/mol. The summed E-state index contributed by atoms with van der Waals surface area (Å²) in [7, 11) is -1.79. The Hall–Kier alpha value is -1.11. The average Bonchev–Trinajstić information content (AvgIpc) is 2.33. The fourth-order valence-electron chi connectivity index (χ4n) is 1.93. The van der Waals surface area contributed by atoms with E-state index in [0.29, 0.717) is 30.9 Å². The molecule has 0 saturated carbocycles. The number of sulfonamides is 1. The normalized spacial score (nSPS) is 12.2. The summed E-state index contributed by atoms with van der Waals surface area (Å²) in [5.41, 5.74) is 6.96. The van der Waals surface area contributed by atoms with Crippen molar-refractivity contribution in [2.24, 2.45) is 5.92 Å². The smallest absolute Gasteiger partial charge is 0.218 e. The molecule has 0 atom stereocenters. The van der Waals surface area contributed by atoms with E-state index in [0.717, 1.165) is 0 Å². The van der Waals surface area contributed by atoms with Gasteiger partial charge in [-0.05, 0) is 23.6 Å². The fraction of sp³-hybridized carbons (Fsp3) is 0.571. The first-order valence-electron chi connectivity index (χ1n) is 6.66. The molecule has 0 aromatic heterocycles. The molecule has 0 heterocycles. The quantitative estimate of drug-likeness (QED) is 0.742. The minimum Gasteiger partial charge on any atom is -0.399 e. The Bertz CT molecular complexity index is 515. The summed E-state index contributed by atoms with van der Waals surface area (Å²) in [4.78, 5) is 0. The minimum atomic E-state index is -3.36. The molecule has 0 fully saturated rings. The van der Waals surface area contributed by atoms with Crippen LogP contribution >= 0.6 is 0 Å². The topological polar surface area (TPSA) is 72.6 Å². The van der Waals surface area contributed by atoms with Crippen LogP contribution in [0.5, 0.6) is 0 Å². The molecule has 0 spiro atoms. The first-order chi connectivity index (χ1) is 9.35. The molecule has 0 aliphatic rings. The first-order valence-corrected chi connectivity index (χ1v) is 8.27. The van der Waals surface area contributed by atoms with E-state index >= 15 is 0 Å². The lowest BCUT2D eigenvalue weighted by Gasteiger charge is -2.23. The van der Waals surface area contributed by atoms with Crippen LogP contribution in [0.15, 0.2) is 24.3 Å². The van der Waals surface area contributed by atoms with E-state index in [1.54, 1.807) is 31.4 Å². The second-order valence-corrected chi connectivity index (χ2v) is 7.21. The number of ether oxygens (including phenoxy) is 1. The second kappa shape index (κ2) is 7.61. The van der Waals surface area contributed by atoms with Crippen LogP contribution in [0, 0.1) is 5.92 Å². The van der Waals surface area contributed by atoms with E-state index in [4.69, 9.17) is 10.5 Å². The molecule has 1 aromatic carbocycles. The fourth-order valence-corrected chi connectivity index (χ4v) is 3.59. The number of benzene rings is 1. The van der Waals surface area contributed by atoms with Gasteiger partial charge in [0, 0.05) is 25.9 Å². The Morgan fingerprint density at radius 3 is 2.60 bits per heavy atom. The molecule has 1 rings (SSSR count). The van der Waals surface area contributed by atoms with Crippen LogP contribution in [-0.4, -0.2) is 39.5 Å². The van der Waals surface area contributed by atoms with Crippen LogP contribution in [-0.2, 0) is 20.5 Å². The summed E-state index contributed by atoms with van der Waals surface area (Å²) in [6.07, 6.45) is 0. The zero-order valence-electron chi connectivity index (χ0n) is 12.4. The molecule has 6 heteroatoms. The summed E-state index contributed by atoms with van der Waals surface area (Å²) >= 11 is 0. The number of hydrogen-bond acceptors (Lipinski definition) is 4. The molecule has 0 aliphatic carbocycles. The van der Waals surface area contributed by atoms with Gasteiger partial charge in [0.25, 0.3) is 0 Å². The van der Waals surface area contributed by atoms with Crippen molar-refractivity contribution in [1.29, 1.82) is 0 Å². The van der Waals surface area contributed by atoms with Gasteiger partial charge in [-0.2, -0.15) is 4.31 Å². The van der Waals surface area contributed by atoms with Crippen LogP contribution in [0.1, 0.15) is 19.4 Å². The lowest BCUT2D eigenvalue weighted by molar-refractivity contribution is 0.175. The van der Waals surface area contributed by atoms with Gasteiger partial charge in [0.05, 0.1) is 12.4 Å². The molecule has 20 heavy (non-hydrogen) atoms. The van der Waals surface area contributed by atoms with Crippen molar-refractivity contribution in [2.45, 2.75) is 19.6 Å². The summed E-state index contributed by atoms with van der Waals surface area (Å²) in [5, 5.41) is 0. The van der Waals surface area contributed by atoms with Gasteiger partial charge in [0.1, 0.15) is 0 Å². The Labute approximate surface area is 121 Å². The van der Waals surface area contributed by atoms with Crippen LogP contribution in [0.25, 0.3) is 0 Å². The Kier molecular flexibility index (Phi) is 6.45. The zero-order valence-corrected chi connectivity index (χ0v) is 13.2. The molecule has 1 aromatic rings. The number of methoxy groups -OCH3 is 1. The van der Waals surface area contributed by atoms with Crippen LogP contribution in [0.2, 0.25) is 0 Å². The Morgan fingerprint density at radius 2 is 2.05 bits per heavy atom. The van der Waals surface area contributed by atoms with Crippen LogP contribution in [0.4, 0.5) is 5.69 Å². The zero-order chi connectivity index (χ0) is 15.2. The summed E-state index contributed by atoms with van der Waals surface area (Å²) < 4.78 is 31.4. The van der Waals surface area contributed by atoms with Gasteiger partial charge >= 0.3 is 0 Å². The molecule has 114 valence electrons. The average molecular weight is 300 g/mol. The molecule has 0 radical (unpaired) electrons. The van der Waals surface area contributed by atoms with Crippen molar-refractivity contribution in [2.75, 3.05) is 32.5 Å². The number of hydrogen-bond donors (Lipinski definition) is 1. The predicted octanol–water partition coefficient (Wildman–Crippen LogP) is 1.70. The SMILES string of the molecule is COCCN(CC(C)C)S(=O)(=O)Cc1cccc(N)c1. The van der Waals surface area contributed by atoms with Crippen molar-refractivity contribution in [1.82, 2.24) is 4.31 Å². The van der Waals surface area contributed by atoms with Gasteiger partial charge in [0.15, 0.2) is 0 Å². The molecule has 2 N–H and O–H groups in total. The minimum absolute atomic E-state index is 0.0333. The molecular formula is C14H24N2O3S. The standard InChI is InChI=1S/C14H24N2O3S/c1-12(2)10-16(7-8-19-3)20(17,18)11-13-5-4-6-14(15)9-13/h4-6,9,12H,7-8,10-11,15H2,1-3H3. The molecule has 0 aliphatic heterocycles. The van der Waals surface area contributed by atoms with E-state index in [9.17, 15) is 8.42 Å². The summed E-state index contributed by atoms with van der Waals surface area (Å²) in [6, 6.07) is 6.98. The van der Waals surface area contributed by atoms with Gasteiger partial charge in [-0.3, -0.25) is 0 Å². The number of anilines is 1. The third-order valence-corrected chi connectivity index (χ3v) is 4.62. The summed E-state index contributed by atoms with van der Waals surface area (Å²) in [6.45, 7) is 5.25. The number of rotatable bonds is 8.